The smallest absolute Gasteiger partial charge is 0.337 e. The van der Waals surface area contributed by atoms with Crippen molar-refractivity contribution in [1.29, 1.82) is 0 Å². The number of carbonyl (C=O) groups excluding carboxylic acids is 2. The number of amides is 1. The van der Waals surface area contributed by atoms with Crippen molar-refractivity contribution in [1.82, 2.24) is 4.72 Å². The Morgan fingerprint density at radius 2 is 2.14 bits per heavy atom. The summed E-state index contributed by atoms with van der Waals surface area (Å²) in [6, 6.07) is 5.27. The Morgan fingerprint density at radius 3 is 2.76 bits per heavy atom. The highest BCUT2D eigenvalue weighted by Gasteiger charge is 2.19. The number of thioether (sulfide) groups is 1. The average Bonchev–Trinajstić information content (AvgIpc) is 2.46. The Kier molecular flexibility index (Phi) is 6.44. The van der Waals surface area contributed by atoms with Crippen molar-refractivity contribution >= 4 is 33.7 Å². The van der Waals surface area contributed by atoms with E-state index >= 15 is 0 Å². The number of benzene rings is 1. The van der Waals surface area contributed by atoms with E-state index in [4.69, 9.17) is 0 Å². The minimum Gasteiger partial charge on any atom is -0.465 e. The van der Waals surface area contributed by atoms with Gasteiger partial charge in [0.2, 0.25) is 5.91 Å². The van der Waals surface area contributed by atoms with Crippen LogP contribution in [-0.2, 0) is 19.6 Å². The summed E-state index contributed by atoms with van der Waals surface area (Å²) in [5.41, 5.74) is 0.0915. The maximum absolute atomic E-state index is 12.0. The highest BCUT2D eigenvalue weighted by atomic mass is 32.2. The fourth-order valence-corrected chi connectivity index (χ4v) is 3.04. The molecule has 0 radical (unpaired) electrons. The molecular weight excluding hydrogens is 314 g/mol. The van der Waals surface area contributed by atoms with Gasteiger partial charge < -0.3 is 4.74 Å². The molecule has 0 heterocycles. The lowest BCUT2D eigenvalue weighted by Crippen LogP contribution is -2.32. The van der Waals surface area contributed by atoms with E-state index in [1.807, 2.05) is 4.72 Å². The predicted octanol–water partition coefficient (Wildman–Crippen LogP) is 1.20. The minimum atomic E-state index is -4.01. The van der Waals surface area contributed by atoms with Crippen LogP contribution in [0.5, 0.6) is 0 Å². The summed E-state index contributed by atoms with van der Waals surface area (Å²) < 4.78 is 30.5. The van der Waals surface area contributed by atoms with E-state index in [-0.39, 0.29) is 16.2 Å². The van der Waals surface area contributed by atoms with E-state index in [0.717, 1.165) is 6.07 Å². The van der Waals surface area contributed by atoms with Crippen LogP contribution in [0.4, 0.5) is 0 Å². The van der Waals surface area contributed by atoms with Crippen molar-refractivity contribution in [3.63, 3.8) is 0 Å². The lowest BCUT2D eigenvalue weighted by atomic mass is 10.2. The quantitative estimate of drug-likeness (QED) is 0.459. The van der Waals surface area contributed by atoms with Gasteiger partial charge in [0, 0.05) is 5.75 Å². The topological polar surface area (TPSA) is 89.5 Å². The molecule has 0 aliphatic carbocycles. The van der Waals surface area contributed by atoms with E-state index < -0.39 is 21.9 Å². The SMILES string of the molecule is C=CCSCC(=O)NS(=O)(=O)c1cccc(C(=O)OC)c1. The van der Waals surface area contributed by atoms with Gasteiger partial charge in [0.25, 0.3) is 10.0 Å². The van der Waals surface area contributed by atoms with Gasteiger partial charge in [-0.3, -0.25) is 4.79 Å². The van der Waals surface area contributed by atoms with E-state index in [9.17, 15) is 18.0 Å². The maximum atomic E-state index is 12.0. The van der Waals surface area contributed by atoms with E-state index in [1.165, 1.54) is 37.1 Å². The molecule has 0 aliphatic rings. The molecule has 0 atom stereocenters. The van der Waals surface area contributed by atoms with Crippen LogP contribution < -0.4 is 4.72 Å². The second-order valence-corrected chi connectivity index (χ2v) is 6.56. The van der Waals surface area contributed by atoms with Gasteiger partial charge in [-0.1, -0.05) is 12.1 Å². The molecule has 1 aromatic rings. The van der Waals surface area contributed by atoms with Crippen LogP contribution in [0.3, 0.4) is 0 Å². The third kappa shape index (κ3) is 5.24. The predicted molar refractivity (Wildman–Crippen MR) is 80.6 cm³/mol. The van der Waals surface area contributed by atoms with Crippen LogP contribution in [0.1, 0.15) is 10.4 Å². The lowest BCUT2D eigenvalue weighted by Gasteiger charge is -2.07. The van der Waals surface area contributed by atoms with E-state index in [0.29, 0.717) is 5.75 Å². The van der Waals surface area contributed by atoms with Crippen LogP contribution >= 0.6 is 11.8 Å². The van der Waals surface area contributed by atoms with Gasteiger partial charge in [-0.25, -0.2) is 17.9 Å². The average molecular weight is 329 g/mol. The fourth-order valence-electron chi connectivity index (χ4n) is 1.38. The molecule has 0 spiro atoms. The first-order valence-corrected chi connectivity index (χ1v) is 8.47. The van der Waals surface area contributed by atoms with Crippen LogP contribution in [0.15, 0.2) is 41.8 Å². The van der Waals surface area contributed by atoms with Crippen molar-refractivity contribution in [3.8, 4) is 0 Å². The second-order valence-electron chi connectivity index (χ2n) is 3.85. The monoisotopic (exact) mass is 329 g/mol. The summed E-state index contributed by atoms with van der Waals surface area (Å²) in [7, 11) is -2.81. The maximum Gasteiger partial charge on any atom is 0.337 e. The second kappa shape index (κ2) is 7.84. The van der Waals surface area contributed by atoms with Gasteiger partial charge in [0.1, 0.15) is 0 Å². The zero-order valence-corrected chi connectivity index (χ0v) is 13.0. The number of ether oxygens (including phenoxy) is 1. The molecule has 6 nitrogen and oxygen atoms in total. The van der Waals surface area contributed by atoms with Crippen molar-refractivity contribution in [2.45, 2.75) is 4.90 Å². The molecule has 0 bridgehead atoms. The zero-order valence-electron chi connectivity index (χ0n) is 11.4. The molecule has 21 heavy (non-hydrogen) atoms. The summed E-state index contributed by atoms with van der Waals surface area (Å²) in [6.45, 7) is 3.50. The number of hydrogen-bond acceptors (Lipinski definition) is 6. The number of methoxy groups -OCH3 is 1. The van der Waals surface area contributed by atoms with E-state index in [2.05, 4.69) is 11.3 Å². The minimum absolute atomic E-state index is 0.00193. The van der Waals surface area contributed by atoms with Gasteiger partial charge in [-0.15, -0.1) is 18.3 Å². The standard InChI is InChI=1S/C13H15NO5S2/c1-3-7-20-9-12(15)14-21(17,18)11-6-4-5-10(8-11)13(16)19-2/h3-6,8H,1,7,9H2,2H3,(H,14,15). The van der Waals surface area contributed by atoms with E-state index in [1.54, 1.807) is 6.08 Å². The molecule has 1 aromatic carbocycles. The first-order valence-electron chi connectivity index (χ1n) is 5.83. The molecule has 1 N–H and O–H groups in total. The normalized spacial score (nSPS) is 10.7. The highest BCUT2D eigenvalue weighted by Crippen LogP contribution is 2.12. The Hall–Kier alpha value is -1.80. The first-order chi connectivity index (χ1) is 9.90. The number of nitrogens with one attached hydrogen (secondary N) is 1. The summed E-state index contributed by atoms with van der Waals surface area (Å²) in [5.74, 6) is -0.738. The molecule has 0 aromatic heterocycles. The number of sulfonamides is 1. The molecule has 0 fully saturated rings. The molecule has 1 amide bonds. The number of rotatable bonds is 7. The third-order valence-electron chi connectivity index (χ3n) is 2.28. The van der Waals surface area contributed by atoms with Gasteiger partial charge in [-0.05, 0) is 18.2 Å². The van der Waals surface area contributed by atoms with Gasteiger partial charge in [0.05, 0.1) is 23.3 Å². The van der Waals surface area contributed by atoms with Gasteiger partial charge in [0.15, 0.2) is 0 Å². The molecule has 0 unspecified atom stereocenters. The van der Waals surface area contributed by atoms with Crippen LogP contribution in [-0.4, -0.2) is 38.9 Å². The summed E-state index contributed by atoms with van der Waals surface area (Å²) in [5, 5.41) is 0. The molecule has 8 heteroatoms. The van der Waals surface area contributed by atoms with Crippen molar-refractivity contribution < 1.29 is 22.7 Å². The van der Waals surface area contributed by atoms with Crippen LogP contribution in [0.25, 0.3) is 0 Å². The molecule has 114 valence electrons. The number of hydrogen-bond donors (Lipinski definition) is 1. The van der Waals surface area contributed by atoms with Crippen LogP contribution in [0, 0.1) is 0 Å². The van der Waals surface area contributed by atoms with Crippen molar-refractivity contribution in [3.05, 3.63) is 42.5 Å². The summed E-state index contributed by atoms with van der Waals surface area (Å²) in [4.78, 5) is 22.7. The Balaban J connectivity index is 2.85. The Morgan fingerprint density at radius 1 is 1.43 bits per heavy atom. The van der Waals surface area contributed by atoms with Gasteiger partial charge in [-0.2, -0.15) is 0 Å². The Bertz CT molecular complexity index is 640. The number of carbonyl (C=O) groups is 2. The van der Waals surface area contributed by atoms with Crippen molar-refractivity contribution in [2.24, 2.45) is 0 Å². The lowest BCUT2D eigenvalue weighted by molar-refractivity contribution is -0.116. The first kappa shape index (κ1) is 17.3. The number of esters is 1. The fraction of sp³-hybridized carbons (Fsp3) is 0.231. The molecule has 0 saturated heterocycles. The molecular formula is C13H15NO5S2. The van der Waals surface area contributed by atoms with Crippen molar-refractivity contribution in [2.75, 3.05) is 18.6 Å². The molecule has 0 saturated carbocycles. The van der Waals surface area contributed by atoms with Gasteiger partial charge >= 0.3 is 5.97 Å². The summed E-state index contributed by atoms with van der Waals surface area (Å²) in [6.07, 6.45) is 1.62. The Labute approximate surface area is 127 Å². The summed E-state index contributed by atoms with van der Waals surface area (Å²) >= 11 is 1.24. The molecule has 0 aliphatic heterocycles. The highest BCUT2D eigenvalue weighted by molar-refractivity contribution is 8.00. The van der Waals surface area contributed by atoms with Crippen LogP contribution in [0.2, 0.25) is 0 Å². The third-order valence-corrected chi connectivity index (χ3v) is 4.59. The zero-order chi connectivity index (χ0) is 15.9. The largest absolute Gasteiger partial charge is 0.465 e. The molecule has 1 rings (SSSR count).